The molecule has 0 amide bonds. The number of hydrogen-bond acceptors (Lipinski definition) is 4. The Morgan fingerprint density at radius 2 is 1.67 bits per heavy atom. The van der Waals surface area contributed by atoms with Crippen molar-refractivity contribution in [3.8, 4) is 0 Å². The minimum absolute atomic E-state index is 0.137. The molecule has 0 aromatic carbocycles. The molecule has 0 radical (unpaired) electrons. The van der Waals surface area contributed by atoms with Gasteiger partial charge in [0.25, 0.3) is 0 Å². The Labute approximate surface area is 130 Å². The summed E-state index contributed by atoms with van der Waals surface area (Å²) in [5.74, 6) is -0.582. The topological polar surface area (TPSA) is 75.6 Å². The van der Waals surface area contributed by atoms with Gasteiger partial charge < -0.3 is 14.6 Å². The Morgan fingerprint density at radius 3 is 2.00 bits per heavy atom. The highest BCUT2D eigenvalue weighted by atomic mass is 32.2. The van der Waals surface area contributed by atoms with E-state index < -0.39 is 27.7 Å². The second-order valence-corrected chi connectivity index (χ2v) is 9.41. The van der Waals surface area contributed by atoms with Crippen LogP contribution in [0.15, 0.2) is 0 Å². The quantitative estimate of drug-likeness (QED) is 0.617. The monoisotopic (exact) mass is 319 g/mol. The van der Waals surface area contributed by atoms with Gasteiger partial charge in [0, 0.05) is 23.9 Å². The predicted molar refractivity (Wildman–Crippen MR) is 84.4 cm³/mol. The van der Waals surface area contributed by atoms with E-state index in [2.05, 4.69) is 33.0 Å². The van der Waals surface area contributed by atoms with E-state index in [1.165, 1.54) is 0 Å². The molecule has 0 aromatic heterocycles. The van der Waals surface area contributed by atoms with Crippen molar-refractivity contribution in [3.63, 3.8) is 0 Å². The fourth-order valence-corrected chi connectivity index (χ4v) is 4.10. The summed E-state index contributed by atoms with van der Waals surface area (Å²) in [6.45, 7) is 13.6. The summed E-state index contributed by atoms with van der Waals surface area (Å²) in [6, 6.07) is 0. The molecule has 0 bridgehead atoms. The molecule has 1 aliphatic rings. The van der Waals surface area contributed by atoms with Crippen molar-refractivity contribution in [1.82, 2.24) is 5.32 Å². The van der Waals surface area contributed by atoms with Gasteiger partial charge in [-0.25, -0.2) is 4.21 Å². The third kappa shape index (κ3) is 5.34. The molecule has 0 saturated carbocycles. The number of hydrogen-bond donors (Lipinski definition) is 2. The van der Waals surface area contributed by atoms with Crippen LogP contribution in [-0.4, -0.2) is 37.2 Å². The lowest BCUT2D eigenvalue weighted by molar-refractivity contribution is -0.154. The summed E-state index contributed by atoms with van der Waals surface area (Å²) in [5.41, 5.74) is -0.890. The number of nitrogens with one attached hydrogen (secondary N) is 1. The summed E-state index contributed by atoms with van der Waals surface area (Å²) < 4.78 is 26.5. The third-order valence-corrected chi connectivity index (χ3v) is 4.94. The standard InChI is InChI=1S/C15H29NO4S/c1-13(2,3)11(21(18)19)12(17)20-10-8-14(4,5)16-15(6,7)9-10/h10-11,16H,8-9H2,1-7H3,(H,18,19). The molecule has 124 valence electrons. The Balaban J connectivity index is 2.84. The predicted octanol–water partition coefficient (Wildman–Crippen LogP) is 2.48. The molecule has 2 N–H and O–H groups in total. The van der Waals surface area contributed by atoms with E-state index in [0.29, 0.717) is 12.8 Å². The van der Waals surface area contributed by atoms with Gasteiger partial charge >= 0.3 is 5.97 Å². The molecule has 1 aliphatic heterocycles. The van der Waals surface area contributed by atoms with E-state index >= 15 is 0 Å². The highest BCUT2D eigenvalue weighted by molar-refractivity contribution is 7.80. The first kappa shape index (κ1) is 18.6. The Morgan fingerprint density at radius 1 is 1.24 bits per heavy atom. The number of ether oxygens (including phenoxy) is 1. The number of piperidine rings is 1. The molecule has 0 spiro atoms. The highest BCUT2D eigenvalue weighted by Gasteiger charge is 2.43. The number of carbonyl (C=O) groups excluding carboxylic acids is 1. The van der Waals surface area contributed by atoms with Gasteiger partial charge in [-0.15, -0.1) is 0 Å². The lowest BCUT2D eigenvalue weighted by Crippen LogP contribution is -2.60. The summed E-state index contributed by atoms with van der Waals surface area (Å²) in [6.07, 6.45) is 1.14. The van der Waals surface area contributed by atoms with E-state index in [1.807, 2.05) is 0 Å². The first-order valence-corrected chi connectivity index (χ1v) is 8.50. The fourth-order valence-electron chi connectivity index (χ4n) is 3.28. The third-order valence-electron chi connectivity index (χ3n) is 3.64. The van der Waals surface area contributed by atoms with Gasteiger partial charge in [-0.1, -0.05) is 20.8 Å². The molecule has 1 saturated heterocycles. The number of rotatable bonds is 3. The van der Waals surface area contributed by atoms with Crippen molar-refractivity contribution in [2.75, 3.05) is 0 Å². The van der Waals surface area contributed by atoms with E-state index in [-0.39, 0.29) is 17.2 Å². The zero-order chi connectivity index (χ0) is 16.6. The molecule has 2 atom stereocenters. The summed E-state index contributed by atoms with van der Waals surface area (Å²) in [5, 5.41) is 2.49. The van der Waals surface area contributed by atoms with Crippen molar-refractivity contribution in [2.24, 2.45) is 5.41 Å². The molecule has 0 aromatic rings. The lowest BCUT2D eigenvalue weighted by atomic mass is 9.81. The Bertz CT molecular complexity index is 410. The van der Waals surface area contributed by atoms with Crippen LogP contribution in [0.2, 0.25) is 0 Å². The SMILES string of the molecule is CC1(C)CC(OC(=O)C(S(=O)O)C(C)(C)C)CC(C)(C)N1. The van der Waals surface area contributed by atoms with Crippen LogP contribution >= 0.6 is 0 Å². The Kier molecular flexibility index (Phi) is 5.29. The maximum absolute atomic E-state index is 12.3. The first-order chi connectivity index (χ1) is 9.23. The summed E-state index contributed by atoms with van der Waals surface area (Å²) in [4.78, 5) is 12.3. The van der Waals surface area contributed by atoms with E-state index in [1.54, 1.807) is 20.8 Å². The van der Waals surface area contributed by atoms with Gasteiger partial charge in [-0.3, -0.25) is 4.79 Å². The molecule has 1 fully saturated rings. The molecular weight excluding hydrogens is 290 g/mol. The zero-order valence-electron chi connectivity index (χ0n) is 14.1. The highest BCUT2D eigenvalue weighted by Crippen LogP contribution is 2.32. The molecular formula is C15H29NO4S. The zero-order valence-corrected chi connectivity index (χ0v) is 15.0. The van der Waals surface area contributed by atoms with Gasteiger partial charge in [0.2, 0.25) is 0 Å². The van der Waals surface area contributed by atoms with Crippen LogP contribution in [0.25, 0.3) is 0 Å². The molecule has 0 aliphatic carbocycles. The maximum atomic E-state index is 12.3. The normalized spacial score (nSPS) is 25.1. The van der Waals surface area contributed by atoms with Gasteiger partial charge in [0.15, 0.2) is 16.3 Å². The van der Waals surface area contributed by atoms with Crippen LogP contribution in [0.5, 0.6) is 0 Å². The van der Waals surface area contributed by atoms with E-state index in [4.69, 9.17) is 4.74 Å². The smallest absolute Gasteiger partial charge is 0.324 e. The van der Waals surface area contributed by atoms with Gasteiger partial charge in [0.05, 0.1) is 0 Å². The van der Waals surface area contributed by atoms with Crippen LogP contribution in [0.3, 0.4) is 0 Å². The molecule has 2 unspecified atom stereocenters. The summed E-state index contributed by atoms with van der Waals surface area (Å²) >= 11 is -2.24. The Hall–Kier alpha value is -0.460. The average Bonchev–Trinajstić information content (AvgIpc) is 2.06. The van der Waals surface area contributed by atoms with Crippen molar-refractivity contribution >= 4 is 17.0 Å². The summed E-state index contributed by atoms with van der Waals surface area (Å²) in [7, 11) is 0. The van der Waals surface area contributed by atoms with Crippen molar-refractivity contribution in [1.29, 1.82) is 0 Å². The van der Waals surface area contributed by atoms with Crippen LogP contribution in [0.1, 0.15) is 61.3 Å². The average molecular weight is 319 g/mol. The molecule has 6 heteroatoms. The minimum Gasteiger partial charge on any atom is -0.461 e. The molecule has 1 rings (SSSR count). The second-order valence-electron chi connectivity index (χ2n) is 8.38. The van der Waals surface area contributed by atoms with E-state index in [9.17, 15) is 13.6 Å². The molecule has 5 nitrogen and oxygen atoms in total. The number of carbonyl (C=O) groups is 1. The number of esters is 1. The van der Waals surface area contributed by atoms with Gasteiger partial charge in [-0.2, -0.15) is 0 Å². The van der Waals surface area contributed by atoms with Crippen molar-refractivity contribution in [2.45, 2.75) is 83.7 Å². The fraction of sp³-hybridized carbons (Fsp3) is 0.933. The minimum atomic E-state index is -2.24. The van der Waals surface area contributed by atoms with Crippen LogP contribution in [0, 0.1) is 5.41 Å². The van der Waals surface area contributed by atoms with Crippen molar-refractivity contribution in [3.05, 3.63) is 0 Å². The lowest BCUT2D eigenvalue weighted by Gasteiger charge is -2.46. The van der Waals surface area contributed by atoms with Crippen molar-refractivity contribution < 1.29 is 18.3 Å². The largest absolute Gasteiger partial charge is 0.461 e. The van der Waals surface area contributed by atoms with Crippen LogP contribution < -0.4 is 5.32 Å². The first-order valence-electron chi connectivity index (χ1n) is 7.33. The van der Waals surface area contributed by atoms with Gasteiger partial charge in [-0.05, 0) is 33.1 Å². The van der Waals surface area contributed by atoms with Crippen LogP contribution in [0.4, 0.5) is 0 Å². The second kappa shape index (κ2) is 5.97. The molecule has 1 heterocycles. The van der Waals surface area contributed by atoms with E-state index in [0.717, 1.165) is 0 Å². The van der Waals surface area contributed by atoms with Gasteiger partial charge in [0.1, 0.15) is 6.10 Å². The maximum Gasteiger partial charge on any atom is 0.324 e. The van der Waals surface area contributed by atoms with Crippen LogP contribution in [-0.2, 0) is 20.6 Å². The molecule has 21 heavy (non-hydrogen) atoms.